The molecular weight excluding hydrogens is 463 g/mol. The van der Waals surface area contributed by atoms with Gasteiger partial charge in [-0.25, -0.2) is 4.79 Å². The maximum Gasteiger partial charge on any atom is 0.573 e. The van der Waals surface area contributed by atoms with Crippen molar-refractivity contribution in [2.75, 3.05) is 36.8 Å². The second-order valence-corrected chi connectivity index (χ2v) is 7.69. The van der Waals surface area contributed by atoms with E-state index in [0.29, 0.717) is 18.7 Å². The molecule has 0 atom stereocenters. The molecule has 1 aromatic heterocycles. The normalized spacial score (nSPS) is 13.8. The average Bonchev–Trinajstić information content (AvgIpc) is 2.85. The Labute approximate surface area is 199 Å². The molecule has 0 unspecified atom stereocenters. The van der Waals surface area contributed by atoms with Crippen LogP contribution in [0.1, 0.15) is 10.4 Å². The van der Waals surface area contributed by atoms with Crippen LogP contribution in [0.2, 0.25) is 0 Å². The number of hydrogen-bond donors (Lipinski definition) is 2. The van der Waals surface area contributed by atoms with E-state index in [2.05, 4.69) is 20.4 Å². The van der Waals surface area contributed by atoms with E-state index in [-0.39, 0.29) is 24.7 Å². The van der Waals surface area contributed by atoms with Crippen LogP contribution in [0.15, 0.2) is 73.1 Å². The number of amides is 3. The van der Waals surface area contributed by atoms with Crippen molar-refractivity contribution in [3.05, 3.63) is 78.6 Å². The van der Waals surface area contributed by atoms with E-state index >= 15 is 0 Å². The van der Waals surface area contributed by atoms with Gasteiger partial charge in [0.15, 0.2) is 5.75 Å². The Bertz CT molecular complexity index is 1170. The zero-order valence-corrected chi connectivity index (χ0v) is 18.5. The molecule has 2 aromatic carbocycles. The van der Waals surface area contributed by atoms with E-state index < -0.39 is 18.1 Å². The summed E-state index contributed by atoms with van der Waals surface area (Å²) in [7, 11) is 0. The Kier molecular flexibility index (Phi) is 7.04. The van der Waals surface area contributed by atoms with Crippen molar-refractivity contribution in [2.45, 2.75) is 6.36 Å². The van der Waals surface area contributed by atoms with Crippen LogP contribution in [-0.2, 0) is 0 Å². The third kappa shape index (κ3) is 6.40. The molecule has 4 rings (SSSR count). The smallest absolute Gasteiger partial charge is 0.404 e. The number of piperazine rings is 1. The zero-order valence-electron chi connectivity index (χ0n) is 18.5. The molecular formula is C24H22F3N5O3. The second kappa shape index (κ2) is 10.3. The molecule has 0 bridgehead atoms. The van der Waals surface area contributed by atoms with Crippen molar-refractivity contribution in [1.29, 1.82) is 0 Å². The fourth-order valence-corrected chi connectivity index (χ4v) is 3.57. The Morgan fingerprint density at radius 1 is 0.829 bits per heavy atom. The molecule has 0 saturated carbocycles. The van der Waals surface area contributed by atoms with E-state index in [1.165, 1.54) is 23.1 Å². The van der Waals surface area contributed by atoms with Gasteiger partial charge in [0, 0.05) is 55.5 Å². The highest BCUT2D eigenvalue weighted by molar-refractivity contribution is 5.95. The van der Waals surface area contributed by atoms with Crippen molar-refractivity contribution in [3.8, 4) is 5.75 Å². The van der Waals surface area contributed by atoms with E-state index in [4.69, 9.17) is 0 Å². The standard InChI is InChI=1S/C24H22F3N5O3/c25-24(26,27)35-21-4-2-1-3-20(21)30-23(34)32-15-13-31(14-16-32)22(33)17-5-7-18(8-6-17)29-19-9-11-28-12-10-19/h1-12H,13-16H2,(H,28,29)(H,30,34). The molecule has 182 valence electrons. The van der Waals surface area contributed by atoms with Crippen LogP contribution < -0.4 is 15.4 Å². The van der Waals surface area contributed by atoms with E-state index in [1.54, 1.807) is 41.6 Å². The van der Waals surface area contributed by atoms with Crippen molar-refractivity contribution >= 4 is 29.0 Å². The van der Waals surface area contributed by atoms with Gasteiger partial charge in [-0.3, -0.25) is 9.78 Å². The first-order valence-corrected chi connectivity index (χ1v) is 10.8. The van der Waals surface area contributed by atoms with Gasteiger partial charge in [0.1, 0.15) is 0 Å². The maximum atomic E-state index is 12.9. The van der Waals surface area contributed by atoms with Crippen molar-refractivity contribution in [1.82, 2.24) is 14.8 Å². The quantitative estimate of drug-likeness (QED) is 0.547. The number of carbonyl (C=O) groups is 2. The first-order valence-electron chi connectivity index (χ1n) is 10.8. The van der Waals surface area contributed by atoms with Crippen LogP contribution in [0.5, 0.6) is 5.75 Å². The third-order valence-corrected chi connectivity index (χ3v) is 5.31. The van der Waals surface area contributed by atoms with Crippen molar-refractivity contribution in [3.63, 3.8) is 0 Å². The number of halogens is 3. The number of para-hydroxylation sites is 2. The van der Waals surface area contributed by atoms with E-state index in [0.717, 1.165) is 17.4 Å². The number of hydrogen-bond acceptors (Lipinski definition) is 5. The maximum absolute atomic E-state index is 12.9. The minimum atomic E-state index is -4.87. The van der Waals surface area contributed by atoms with Gasteiger partial charge < -0.3 is 25.2 Å². The van der Waals surface area contributed by atoms with Crippen molar-refractivity contribution in [2.24, 2.45) is 0 Å². The molecule has 8 nitrogen and oxygen atoms in total. The number of anilines is 3. The topological polar surface area (TPSA) is 86.8 Å². The van der Waals surface area contributed by atoms with E-state index in [9.17, 15) is 22.8 Å². The number of benzene rings is 2. The van der Waals surface area contributed by atoms with Crippen molar-refractivity contribution < 1.29 is 27.5 Å². The van der Waals surface area contributed by atoms with Gasteiger partial charge >= 0.3 is 12.4 Å². The Hall–Kier alpha value is -4.28. The second-order valence-electron chi connectivity index (χ2n) is 7.69. The average molecular weight is 485 g/mol. The lowest BCUT2D eigenvalue weighted by Crippen LogP contribution is -2.51. The fourth-order valence-electron chi connectivity index (χ4n) is 3.57. The van der Waals surface area contributed by atoms with Gasteiger partial charge in [-0.1, -0.05) is 12.1 Å². The Balaban J connectivity index is 1.31. The van der Waals surface area contributed by atoms with Gasteiger partial charge in [-0.2, -0.15) is 0 Å². The van der Waals surface area contributed by atoms with E-state index in [1.807, 2.05) is 12.1 Å². The molecule has 0 aliphatic carbocycles. The van der Waals surface area contributed by atoms with Crippen LogP contribution in [0.3, 0.4) is 0 Å². The molecule has 11 heteroatoms. The summed E-state index contributed by atoms with van der Waals surface area (Å²) in [6.45, 7) is 1.07. The predicted octanol–water partition coefficient (Wildman–Crippen LogP) is 4.71. The van der Waals surface area contributed by atoms with Crippen LogP contribution in [0.25, 0.3) is 0 Å². The molecule has 3 amide bonds. The fraction of sp³-hybridized carbons (Fsp3) is 0.208. The summed E-state index contributed by atoms with van der Waals surface area (Å²) in [6.07, 6.45) is -1.52. The zero-order chi connectivity index (χ0) is 24.8. The van der Waals surface area contributed by atoms with Gasteiger partial charge in [0.25, 0.3) is 5.91 Å². The number of urea groups is 1. The number of aromatic nitrogens is 1. The molecule has 0 spiro atoms. The van der Waals surface area contributed by atoms with Crippen LogP contribution in [-0.4, -0.2) is 59.3 Å². The number of alkyl halides is 3. The van der Waals surface area contributed by atoms with Gasteiger partial charge in [0.2, 0.25) is 0 Å². The molecule has 1 saturated heterocycles. The summed E-state index contributed by atoms with van der Waals surface area (Å²) in [4.78, 5) is 32.5. The Morgan fingerprint density at radius 2 is 1.43 bits per heavy atom. The number of nitrogens with zero attached hydrogens (tertiary/aromatic N) is 3. The number of nitrogens with one attached hydrogen (secondary N) is 2. The number of carbonyl (C=O) groups excluding carboxylic acids is 2. The molecule has 0 radical (unpaired) electrons. The summed E-state index contributed by atoms with van der Waals surface area (Å²) in [6, 6.07) is 15.5. The van der Waals surface area contributed by atoms with Crippen LogP contribution in [0, 0.1) is 0 Å². The number of rotatable bonds is 5. The van der Waals surface area contributed by atoms with Gasteiger partial charge in [-0.15, -0.1) is 13.2 Å². The first kappa shape index (κ1) is 23.9. The summed E-state index contributed by atoms with van der Waals surface area (Å²) < 4.78 is 41.8. The van der Waals surface area contributed by atoms with Crippen LogP contribution >= 0.6 is 0 Å². The highest BCUT2D eigenvalue weighted by atomic mass is 19.4. The monoisotopic (exact) mass is 485 g/mol. The summed E-state index contributed by atoms with van der Waals surface area (Å²) in [5, 5.41) is 5.67. The number of pyridine rings is 1. The van der Waals surface area contributed by atoms with Gasteiger partial charge in [-0.05, 0) is 48.5 Å². The third-order valence-electron chi connectivity index (χ3n) is 5.31. The lowest BCUT2D eigenvalue weighted by molar-refractivity contribution is -0.274. The first-order chi connectivity index (χ1) is 16.8. The molecule has 1 fully saturated rings. The lowest BCUT2D eigenvalue weighted by Gasteiger charge is -2.34. The molecule has 3 aromatic rings. The Morgan fingerprint density at radius 3 is 2.09 bits per heavy atom. The SMILES string of the molecule is O=C(Nc1ccccc1OC(F)(F)F)N1CCN(C(=O)c2ccc(Nc3ccncc3)cc2)CC1. The molecule has 1 aliphatic heterocycles. The van der Waals surface area contributed by atoms with Crippen LogP contribution in [0.4, 0.5) is 35.0 Å². The molecule has 35 heavy (non-hydrogen) atoms. The summed E-state index contributed by atoms with van der Waals surface area (Å²) >= 11 is 0. The minimum Gasteiger partial charge on any atom is -0.404 e. The highest BCUT2D eigenvalue weighted by Gasteiger charge is 2.32. The minimum absolute atomic E-state index is 0.0891. The predicted molar refractivity (Wildman–Crippen MR) is 124 cm³/mol. The highest BCUT2D eigenvalue weighted by Crippen LogP contribution is 2.30. The molecule has 1 aliphatic rings. The molecule has 2 heterocycles. The molecule has 2 N–H and O–H groups in total. The summed E-state index contributed by atoms with van der Waals surface area (Å²) in [5.74, 6) is -0.659. The van der Waals surface area contributed by atoms with Gasteiger partial charge in [0.05, 0.1) is 5.69 Å². The largest absolute Gasteiger partial charge is 0.573 e. The number of ether oxygens (including phenoxy) is 1. The summed E-state index contributed by atoms with van der Waals surface area (Å²) in [5.41, 5.74) is 2.13. The lowest BCUT2D eigenvalue weighted by atomic mass is 10.1.